The van der Waals surface area contributed by atoms with Gasteiger partial charge in [-0.1, -0.05) is 48.3 Å². The molecule has 1 aromatic carbocycles. The van der Waals surface area contributed by atoms with Crippen molar-refractivity contribution in [3.05, 3.63) is 65.1 Å². The van der Waals surface area contributed by atoms with E-state index in [0.717, 1.165) is 54.3 Å². The third-order valence-corrected chi connectivity index (χ3v) is 14.3. The van der Waals surface area contributed by atoms with Crippen LogP contribution in [-0.2, 0) is 30.8 Å². The van der Waals surface area contributed by atoms with E-state index in [1.165, 1.54) is 0 Å². The number of para-hydroxylation sites is 1. The van der Waals surface area contributed by atoms with E-state index < -0.39 is 49.8 Å². The lowest BCUT2D eigenvalue weighted by Crippen LogP contribution is -2.58. The molecule has 1 spiro atoms. The van der Waals surface area contributed by atoms with Gasteiger partial charge in [0.05, 0.1) is 22.5 Å². The first kappa shape index (κ1) is 34.9. The lowest BCUT2D eigenvalue weighted by atomic mass is 9.87. The molecule has 3 fully saturated rings. The number of nitrogens with one attached hydrogen (secondary N) is 3. The summed E-state index contributed by atoms with van der Waals surface area (Å²) in [5.41, 5.74) is 0.569. The van der Waals surface area contributed by atoms with Crippen molar-refractivity contribution in [2.75, 3.05) is 11.9 Å². The summed E-state index contributed by atoms with van der Waals surface area (Å²) in [4.78, 5) is 54.3. The molecule has 54 heavy (non-hydrogen) atoms. The predicted octanol–water partition coefficient (Wildman–Crippen LogP) is 4.26. The van der Waals surface area contributed by atoms with Gasteiger partial charge in [0.1, 0.15) is 23.4 Å². The lowest BCUT2D eigenvalue weighted by molar-refractivity contribution is -0.140. The Balaban J connectivity index is 1.06. The number of allylic oxidation sites excluding steroid dienone is 1. The summed E-state index contributed by atoms with van der Waals surface area (Å²) in [5.74, 6) is -0.185. The van der Waals surface area contributed by atoms with Crippen LogP contribution in [0.15, 0.2) is 52.6 Å². The number of ether oxygens (including phenoxy) is 1. The maximum absolute atomic E-state index is 14.8. The quantitative estimate of drug-likeness (QED) is 0.327. The van der Waals surface area contributed by atoms with Crippen LogP contribution in [0.2, 0.25) is 0 Å². The summed E-state index contributed by atoms with van der Waals surface area (Å²) in [6.45, 7) is 3.63. The number of nitrogens with zero attached hydrogens (tertiary/aromatic N) is 4. The van der Waals surface area contributed by atoms with Crippen LogP contribution in [0.5, 0.6) is 5.75 Å². The van der Waals surface area contributed by atoms with Gasteiger partial charge in [-0.05, 0) is 89.4 Å². The molecule has 1 saturated heterocycles. The smallest absolute Gasteiger partial charge is 0.322 e. The minimum absolute atomic E-state index is 0.122. The molecule has 0 unspecified atom stereocenters. The Hall–Kier alpha value is -4.79. The van der Waals surface area contributed by atoms with E-state index in [0.29, 0.717) is 55.7 Å². The molecule has 3 amide bonds. The fourth-order valence-electron chi connectivity index (χ4n) is 8.26. The number of fused-ring (bicyclic) bond motifs is 5. The van der Waals surface area contributed by atoms with Crippen LogP contribution in [-0.4, -0.2) is 80.7 Å². The van der Waals surface area contributed by atoms with E-state index >= 15 is 0 Å². The summed E-state index contributed by atoms with van der Waals surface area (Å²) in [6, 6.07) is 6.29. The third kappa shape index (κ3) is 6.13. The zero-order valence-electron chi connectivity index (χ0n) is 30.5. The molecule has 3 aliphatic heterocycles. The van der Waals surface area contributed by atoms with Crippen molar-refractivity contribution in [2.24, 2.45) is 0 Å². The number of hydrogen-bond acceptors (Lipinski definition) is 11. The Labute approximate surface area is 313 Å². The number of pyridine rings is 1. The fourth-order valence-corrected chi connectivity index (χ4v) is 9.55. The molecule has 6 aliphatic rings. The monoisotopic (exact) mass is 755 g/mol. The highest BCUT2D eigenvalue weighted by Gasteiger charge is 2.59. The van der Waals surface area contributed by atoms with E-state index in [2.05, 4.69) is 25.5 Å². The number of benzene rings is 1. The first-order chi connectivity index (χ1) is 25.9. The highest BCUT2D eigenvalue weighted by atomic mass is 32.2. The number of hydrogen-bond donors (Lipinski definition) is 3. The number of sulfonamides is 1. The van der Waals surface area contributed by atoms with E-state index in [4.69, 9.17) is 14.2 Å². The lowest BCUT2D eigenvalue weighted by Gasteiger charge is -2.36. The van der Waals surface area contributed by atoms with Crippen molar-refractivity contribution >= 4 is 44.7 Å². The Morgan fingerprint density at radius 2 is 1.87 bits per heavy atom. The molecule has 2 aromatic heterocycles. The largest absolute Gasteiger partial charge is 0.483 e. The first-order valence-electron chi connectivity index (χ1n) is 19.2. The maximum Gasteiger partial charge on any atom is 0.322 e. The second-order valence-corrected chi connectivity index (χ2v) is 18.4. The summed E-state index contributed by atoms with van der Waals surface area (Å²) in [7, 11) is -3.99. The van der Waals surface area contributed by atoms with Crippen molar-refractivity contribution in [3.8, 4) is 5.75 Å². The second kappa shape index (κ2) is 12.6. The first-order valence-corrected chi connectivity index (χ1v) is 20.6. The Morgan fingerprint density at radius 3 is 2.67 bits per heavy atom. The number of carbonyl (C=O) groups excluding carboxylic acids is 3. The van der Waals surface area contributed by atoms with Crippen LogP contribution in [0, 0.1) is 6.92 Å². The molecular formula is C39H45N7O7S. The van der Waals surface area contributed by atoms with Crippen molar-refractivity contribution < 1.29 is 32.1 Å². The molecule has 3 aliphatic carbocycles. The van der Waals surface area contributed by atoms with Gasteiger partial charge in [0.2, 0.25) is 21.8 Å². The standard InChI is InChI=1S/C39H45N7O7S/c1-23-31-27(26-11-8-9-12-28(26)40-23)16-17-38(52-31)21-30-33(47)43-39(35(49)45-54(50,51)37(2)18-19-37)20-25(39)10-6-4-3-5-7-13-29(34(48)46(30)22-38)41-36-42-32(44-53-36)24-14-15-24/h6,8-12,20,24,29-30H,3-5,7,13-19,21-22H2,1-2H3,(H,43,47)(H,45,49)(H,41,42,44)/b10-6-/t29-,30-,38+,39+/m0/s1. The van der Waals surface area contributed by atoms with Crippen molar-refractivity contribution in [1.82, 2.24) is 30.1 Å². The van der Waals surface area contributed by atoms with Gasteiger partial charge in [0, 0.05) is 23.3 Å². The van der Waals surface area contributed by atoms with Crippen LogP contribution < -0.4 is 20.1 Å². The summed E-state index contributed by atoms with van der Waals surface area (Å²) in [6.07, 6.45) is 13.1. The van der Waals surface area contributed by atoms with Crippen molar-refractivity contribution in [2.45, 2.75) is 125 Å². The molecular weight excluding hydrogens is 711 g/mol. The highest BCUT2D eigenvalue weighted by molar-refractivity contribution is 7.91. The van der Waals surface area contributed by atoms with E-state index in [1.807, 2.05) is 37.3 Å². The summed E-state index contributed by atoms with van der Waals surface area (Å²) < 4.78 is 40.0. The molecule has 284 valence electrons. The number of aryl methyl sites for hydroxylation is 2. The highest BCUT2D eigenvalue weighted by Crippen LogP contribution is 2.46. The van der Waals surface area contributed by atoms with Gasteiger partial charge < -0.3 is 24.8 Å². The molecule has 9 rings (SSSR count). The van der Waals surface area contributed by atoms with Gasteiger partial charge in [-0.2, -0.15) is 4.98 Å². The summed E-state index contributed by atoms with van der Waals surface area (Å²) in [5, 5.41) is 11.2. The molecule has 2 saturated carbocycles. The second-order valence-electron chi connectivity index (χ2n) is 16.2. The Morgan fingerprint density at radius 1 is 1.06 bits per heavy atom. The molecule has 3 N–H and O–H groups in total. The van der Waals surface area contributed by atoms with E-state index in [9.17, 15) is 22.8 Å². The molecule has 0 radical (unpaired) electrons. The minimum Gasteiger partial charge on any atom is -0.483 e. The van der Waals surface area contributed by atoms with Crippen molar-refractivity contribution in [3.63, 3.8) is 0 Å². The molecule has 5 heterocycles. The van der Waals surface area contributed by atoms with Gasteiger partial charge in [0.15, 0.2) is 11.4 Å². The van der Waals surface area contributed by atoms with Crippen LogP contribution in [0.3, 0.4) is 0 Å². The van der Waals surface area contributed by atoms with Crippen molar-refractivity contribution in [1.29, 1.82) is 0 Å². The average molecular weight is 756 g/mol. The number of rotatable bonds is 6. The molecule has 3 aromatic rings. The third-order valence-electron chi connectivity index (χ3n) is 12.1. The number of amides is 3. The van der Waals surface area contributed by atoms with E-state index in [-0.39, 0.29) is 30.8 Å². The zero-order chi connectivity index (χ0) is 37.5. The maximum atomic E-state index is 14.8. The van der Waals surface area contributed by atoms with Gasteiger partial charge in [-0.25, -0.2) is 18.1 Å². The predicted molar refractivity (Wildman–Crippen MR) is 198 cm³/mol. The molecule has 4 atom stereocenters. The molecule has 0 bridgehead atoms. The normalized spacial score (nSPS) is 29.7. The van der Waals surface area contributed by atoms with Gasteiger partial charge in [-0.3, -0.25) is 14.4 Å². The van der Waals surface area contributed by atoms with Crippen LogP contribution >= 0.6 is 0 Å². The van der Waals surface area contributed by atoms with Gasteiger partial charge in [-0.15, -0.1) is 0 Å². The number of carbonyl (C=O) groups is 3. The number of anilines is 1. The van der Waals surface area contributed by atoms with Gasteiger partial charge in [0.25, 0.3) is 5.91 Å². The Kier molecular flexibility index (Phi) is 8.18. The zero-order valence-corrected chi connectivity index (χ0v) is 31.3. The Bertz CT molecular complexity index is 2240. The molecule has 15 heteroatoms. The van der Waals surface area contributed by atoms with Gasteiger partial charge >= 0.3 is 6.01 Å². The fraction of sp³-hybridized carbons (Fsp3) is 0.538. The number of aromatic nitrogens is 3. The summed E-state index contributed by atoms with van der Waals surface area (Å²) >= 11 is 0. The van der Waals surface area contributed by atoms with Crippen LogP contribution in [0.4, 0.5) is 6.01 Å². The average Bonchev–Trinajstić information content (AvgIpc) is 4.11. The SMILES string of the molecule is Cc1nc2ccccc2c2c1O[C@]1(CC2)C[C@H]2C(=O)N[C@]3(C(=O)NS(=O)(=O)C4(C)CC4)C=C3/C=C\CCCCC[C@H](Nc3nc(C4CC4)no3)C(=O)N2C1. The van der Waals surface area contributed by atoms with Crippen LogP contribution in [0.1, 0.15) is 101 Å². The topological polar surface area (TPSA) is 186 Å². The van der Waals surface area contributed by atoms with Crippen LogP contribution in [0.25, 0.3) is 10.9 Å². The van der Waals surface area contributed by atoms with E-state index in [1.54, 1.807) is 24.0 Å². The minimum atomic E-state index is -3.99. The molecule has 14 nitrogen and oxygen atoms in total.